The van der Waals surface area contributed by atoms with Crippen molar-refractivity contribution in [1.82, 2.24) is 19.7 Å². The highest BCUT2D eigenvalue weighted by molar-refractivity contribution is 5.36. The Morgan fingerprint density at radius 3 is 2.86 bits per heavy atom. The summed E-state index contributed by atoms with van der Waals surface area (Å²) < 4.78 is 7.21. The van der Waals surface area contributed by atoms with Gasteiger partial charge >= 0.3 is 0 Å². The molecule has 6 nitrogen and oxygen atoms in total. The number of hydrogen-bond donors (Lipinski definition) is 1. The van der Waals surface area contributed by atoms with Crippen molar-refractivity contribution in [2.45, 2.75) is 20.8 Å². The summed E-state index contributed by atoms with van der Waals surface area (Å²) in [5.74, 6) is 1.41. The second-order valence-corrected chi connectivity index (χ2v) is 5.04. The number of aryl methyl sites for hydroxylation is 2. The molecule has 0 aliphatic heterocycles. The van der Waals surface area contributed by atoms with Crippen LogP contribution in [0.1, 0.15) is 18.3 Å². The zero-order valence-corrected chi connectivity index (χ0v) is 12.8. The van der Waals surface area contributed by atoms with E-state index in [4.69, 9.17) is 4.74 Å². The van der Waals surface area contributed by atoms with Crippen LogP contribution in [0.15, 0.2) is 30.6 Å². The maximum absolute atomic E-state index is 5.43. The average Bonchev–Trinajstić information content (AvgIpc) is 2.77. The molecular formula is C15H21N5O. The molecule has 0 aliphatic carbocycles. The van der Waals surface area contributed by atoms with Crippen LogP contribution in [-0.4, -0.2) is 39.5 Å². The van der Waals surface area contributed by atoms with Crippen molar-refractivity contribution in [3.05, 3.63) is 42.0 Å². The number of aromatic nitrogens is 4. The number of rotatable bonds is 7. The third-order valence-electron chi connectivity index (χ3n) is 2.75. The topological polar surface area (TPSA) is 64.9 Å². The van der Waals surface area contributed by atoms with Crippen molar-refractivity contribution in [2.24, 2.45) is 0 Å². The van der Waals surface area contributed by atoms with Gasteiger partial charge in [-0.2, -0.15) is 5.10 Å². The van der Waals surface area contributed by atoms with E-state index in [0.29, 0.717) is 31.4 Å². The third-order valence-corrected chi connectivity index (χ3v) is 2.75. The van der Waals surface area contributed by atoms with Crippen LogP contribution in [0.2, 0.25) is 0 Å². The third kappa shape index (κ3) is 4.39. The highest BCUT2D eigenvalue weighted by Gasteiger charge is 2.06. The van der Waals surface area contributed by atoms with Crippen molar-refractivity contribution in [3.63, 3.8) is 0 Å². The Balaban J connectivity index is 1.95. The predicted octanol–water partition coefficient (Wildman–Crippen LogP) is 2.28. The molecule has 2 aromatic rings. The fourth-order valence-corrected chi connectivity index (χ4v) is 1.90. The smallest absolute Gasteiger partial charge is 0.174 e. The molecule has 21 heavy (non-hydrogen) atoms. The van der Waals surface area contributed by atoms with Gasteiger partial charge in [-0.1, -0.05) is 12.2 Å². The molecule has 2 heterocycles. The molecule has 0 aliphatic rings. The molecule has 0 amide bonds. The van der Waals surface area contributed by atoms with Crippen molar-refractivity contribution < 1.29 is 4.74 Å². The Morgan fingerprint density at radius 2 is 2.19 bits per heavy atom. The van der Waals surface area contributed by atoms with Crippen LogP contribution in [0.25, 0.3) is 5.82 Å². The fourth-order valence-electron chi connectivity index (χ4n) is 1.90. The molecular weight excluding hydrogens is 266 g/mol. The molecule has 2 aromatic heterocycles. The summed E-state index contributed by atoms with van der Waals surface area (Å²) in [4.78, 5) is 8.70. The number of anilines is 1. The second-order valence-electron chi connectivity index (χ2n) is 5.04. The predicted molar refractivity (Wildman–Crippen MR) is 82.8 cm³/mol. The highest BCUT2D eigenvalue weighted by atomic mass is 16.5. The lowest BCUT2D eigenvalue weighted by Crippen LogP contribution is -2.12. The highest BCUT2D eigenvalue weighted by Crippen LogP contribution is 2.10. The van der Waals surface area contributed by atoms with E-state index in [-0.39, 0.29) is 0 Å². The maximum atomic E-state index is 5.43. The van der Waals surface area contributed by atoms with Crippen molar-refractivity contribution in [3.8, 4) is 5.82 Å². The zero-order valence-electron chi connectivity index (χ0n) is 12.8. The van der Waals surface area contributed by atoms with Gasteiger partial charge in [-0.15, -0.1) is 0 Å². The summed E-state index contributed by atoms with van der Waals surface area (Å²) in [5, 5.41) is 7.59. The molecule has 0 atom stereocenters. The largest absolute Gasteiger partial charge is 0.375 e. The van der Waals surface area contributed by atoms with E-state index in [0.717, 1.165) is 17.0 Å². The van der Waals surface area contributed by atoms with E-state index in [9.17, 15) is 0 Å². The van der Waals surface area contributed by atoms with Crippen LogP contribution in [-0.2, 0) is 4.74 Å². The van der Waals surface area contributed by atoms with Crippen molar-refractivity contribution in [2.75, 3.05) is 25.1 Å². The van der Waals surface area contributed by atoms with E-state index in [1.807, 2.05) is 26.8 Å². The van der Waals surface area contributed by atoms with Crippen LogP contribution >= 0.6 is 0 Å². The van der Waals surface area contributed by atoms with Gasteiger partial charge in [-0.25, -0.2) is 9.67 Å². The molecule has 6 heteroatoms. The average molecular weight is 287 g/mol. The van der Waals surface area contributed by atoms with E-state index >= 15 is 0 Å². The van der Waals surface area contributed by atoms with Gasteiger partial charge < -0.3 is 10.1 Å². The summed E-state index contributed by atoms with van der Waals surface area (Å²) in [7, 11) is 0. The molecule has 0 fully saturated rings. The molecule has 0 radical (unpaired) electrons. The first kappa shape index (κ1) is 15.2. The van der Waals surface area contributed by atoms with Crippen LogP contribution in [0.4, 0.5) is 5.82 Å². The SMILES string of the molecule is C=C(C)COCCNc1cncc(-n2nc(C)cc2C)n1. The van der Waals surface area contributed by atoms with Gasteiger partial charge in [0.15, 0.2) is 5.82 Å². The number of hydrogen-bond acceptors (Lipinski definition) is 5. The van der Waals surface area contributed by atoms with Gasteiger partial charge in [0, 0.05) is 12.2 Å². The lowest BCUT2D eigenvalue weighted by atomic mass is 10.4. The van der Waals surface area contributed by atoms with E-state index in [2.05, 4.69) is 27.0 Å². The molecule has 2 rings (SSSR count). The van der Waals surface area contributed by atoms with Crippen LogP contribution in [0, 0.1) is 13.8 Å². The minimum Gasteiger partial charge on any atom is -0.375 e. The quantitative estimate of drug-likeness (QED) is 0.625. The van der Waals surface area contributed by atoms with Gasteiger partial charge in [0.25, 0.3) is 0 Å². The summed E-state index contributed by atoms with van der Waals surface area (Å²) in [5.41, 5.74) is 3.01. The number of ether oxygens (including phenoxy) is 1. The Bertz CT molecular complexity index is 620. The van der Waals surface area contributed by atoms with Gasteiger partial charge in [0.2, 0.25) is 0 Å². The second kappa shape index (κ2) is 6.99. The molecule has 1 N–H and O–H groups in total. The van der Waals surface area contributed by atoms with Crippen LogP contribution in [0.3, 0.4) is 0 Å². The number of nitrogens with one attached hydrogen (secondary N) is 1. The molecule has 0 saturated carbocycles. The van der Waals surface area contributed by atoms with Gasteiger partial charge in [-0.05, 0) is 26.8 Å². The Labute approximate surface area is 124 Å². The first-order valence-electron chi connectivity index (χ1n) is 6.88. The zero-order chi connectivity index (χ0) is 15.2. The molecule has 0 aromatic carbocycles. The summed E-state index contributed by atoms with van der Waals surface area (Å²) in [6.45, 7) is 11.5. The molecule has 0 bridgehead atoms. The maximum Gasteiger partial charge on any atom is 0.174 e. The van der Waals surface area contributed by atoms with Crippen molar-refractivity contribution in [1.29, 1.82) is 0 Å². The van der Waals surface area contributed by atoms with E-state index < -0.39 is 0 Å². The Kier molecular flexibility index (Phi) is 5.05. The lowest BCUT2D eigenvalue weighted by Gasteiger charge is -2.08. The Morgan fingerprint density at radius 1 is 1.38 bits per heavy atom. The number of nitrogens with zero attached hydrogens (tertiary/aromatic N) is 4. The van der Waals surface area contributed by atoms with Gasteiger partial charge in [0.1, 0.15) is 5.82 Å². The van der Waals surface area contributed by atoms with Gasteiger partial charge in [-0.3, -0.25) is 4.98 Å². The minimum absolute atomic E-state index is 0.582. The van der Waals surface area contributed by atoms with E-state index in [1.54, 1.807) is 17.1 Å². The van der Waals surface area contributed by atoms with Gasteiger partial charge in [0.05, 0.1) is 31.3 Å². The lowest BCUT2D eigenvalue weighted by molar-refractivity contribution is 0.167. The van der Waals surface area contributed by atoms with Crippen LogP contribution < -0.4 is 5.32 Å². The minimum atomic E-state index is 0.582. The molecule has 0 spiro atoms. The summed E-state index contributed by atoms with van der Waals surface area (Å²) in [6, 6.07) is 2.01. The summed E-state index contributed by atoms with van der Waals surface area (Å²) in [6.07, 6.45) is 3.39. The fraction of sp³-hybridized carbons (Fsp3) is 0.400. The standard InChI is InChI=1S/C15H21N5O/c1-11(2)10-21-6-5-17-14-8-16-9-15(18-14)20-13(4)7-12(3)19-20/h7-9H,1,5-6,10H2,2-4H3,(H,17,18). The van der Waals surface area contributed by atoms with Crippen LogP contribution in [0.5, 0.6) is 0 Å². The molecule has 0 unspecified atom stereocenters. The first-order chi connectivity index (χ1) is 10.1. The first-order valence-corrected chi connectivity index (χ1v) is 6.88. The summed E-state index contributed by atoms with van der Waals surface area (Å²) >= 11 is 0. The monoisotopic (exact) mass is 287 g/mol. The van der Waals surface area contributed by atoms with Crippen molar-refractivity contribution >= 4 is 5.82 Å². The molecule has 112 valence electrons. The normalized spacial score (nSPS) is 10.6. The Hall–Kier alpha value is -2.21. The molecule has 0 saturated heterocycles. The van der Waals surface area contributed by atoms with E-state index in [1.165, 1.54) is 0 Å².